The van der Waals surface area contributed by atoms with Crippen molar-refractivity contribution in [2.75, 3.05) is 0 Å². The fraction of sp³-hybridized carbons (Fsp3) is 0.222. The van der Waals surface area contributed by atoms with Gasteiger partial charge < -0.3 is 24.8 Å². The van der Waals surface area contributed by atoms with Gasteiger partial charge in [-0.1, -0.05) is 0 Å². The van der Waals surface area contributed by atoms with Gasteiger partial charge in [-0.3, -0.25) is 0 Å². The van der Waals surface area contributed by atoms with Gasteiger partial charge in [-0.05, 0) is 0 Å². The van der Waals surface area contributed by atoms with E-state index in [9.17, 15) is 0 Å². The molecular formula is C27H28Cl2Hf. The third kappa shape index (κ3) is 4.64. The molecule has 0 saturated heterocycles. The summed E-state index contributed by atoms with van der Waals surface area (Å²) in [5, 5.41) is 0. The molecule has 154 valence electrons. The Kier molecular flexibility index (Phi) is 9.03. The number of allylic oxidation sites excluding steroid dienone is 8. The first-order chi connectivity index (χ1) is 13.6. The summed E-state index contributed by atoms with van der Waals surface area (Å²) in [6.07, 6.45) is 8.18. The van der Waals surface area contributed by atoms with Gasteiger partial charge in [0.1, 0.15) is 0 Å². The normalized spacial score (nSPS) is 17.2. The van der Waals surface area contributed by atoms with Crippen molar-refractivity contribution in [2.45, 2.75) is 34.1 Å². The van der Waals surface area contributed by atoms with Crippen molar-refractivity contribution in [3.05, 3.63) is 113 Å². The minimum atomic E-state index is -2.54. The van der Waals surface area contributed by atoms with E-state index in [1.54, 1.807) is 21.1 Å². The predicted octanol–water partition coefficient (Wildman–Crippen LogP) is 0.986. The molecule has 2 aromatic rings. The Bertz CT molecular complexity index is 1010. The second-order valence-corrected chi connectivity index (χ2v) is 16.6. The molecule has 4 rings (SSSR count). The summed E-state index contributed by atoms with van der Waals surface area (Å²) in [5.74, 6) is 0.575. The number of hydrogen-bond donors (Lipinski definition) is 0. The Labute approximate surface area is 201 Å². The third-order valence-electron chi connectivity index (χ3n) is 6.38. The van der Waals surface area contributed by atoms with Gasteiger partial charge in [0, 0.05) is 0 Å². The Morgan fingerprint density at radius 1 is 0.800 bits per heavy atom. The summed E-state index contributed by atoms with van der Waals surface area (Å²) in [7, 11) is 0. The van der Waals surface area contributed by atoms with Crippen LogP contribution in [0.2, 0.25) is 0 Å². The average molecular weight is 602 g/mol. The molecule has 0 N–H and O–H groups in total. The van der Waals surface area contributed by atoms with E-state index in [1.807, 2.05) is 0 Å². The van der Waals surface area contributed by atoms with Gasteiger partial charge in [0.15, 0.2) is 0 Å². The molecule has 0 spiro atoms. The zero-order chi connectivity index (χ0) is 19.7. The number of benzene rings is 2. The molecule has 0 aliphatic heterocycles. The summed E-state index contributed by atoms with van der Waals surface area (Å²) in [6, 6.07) is 22.3. The summed E-state index contributed by atoms with van der Waals surface area (Å²) in [4.78, 5) is 0. The Hall–Kier alpha value is -1.28. The van der Waals surface area contributed by atoms with Gasteiger partial charge in [0.25, 0.3) is 0 Å². The fourth-order valence-corrected chi connectivity index (χ4v) is 17.6. The van der Waals surface area contributed by atoms with Crippen LogP contribution in [0.3, 0.4) is 0 Å². The van der Waals surface area contributed by atoms with Crippen molar-refractivity contribution < 1.29 is 45.8 Å². The first-order valence-corrected chi connectivity index (χ1v) is 15.6. The minimum Gasteiger partial charge on any atom is -1.00 e. The molecular weight excluding hydrogens is 574 g/mol. The van der Waals surface area contributed by atoms with E-state index in [1.165, 1.54) is 16.7 Å². The molecule has 2 aliphatic rings. The maximum atomic E-state index is 2.44. The van der Waals surface area contributed by atoms with E-state index in [0.717, 1.165) is 6.42 Å². The van der Waals surface area contributed by atoms with Crippen LogP contribution >= 0.6 is 0 Å². The van der Waals surface area contributed by atoms with Gasteiger partial charge in [-0.25, -0.2) is 0 Å². The van der Waals surface area contributed by atoms with Crippen LogP contribution in [-0.2, 0) is 21.0 Å². The molecule has 2 aliphatic carbocycles. The number of rotatable bonds is 4. The van der Waals surface area contributed by atoms with Gasteiger partial charge in [-0.15, -0.1) is 0 Å². The summed E-state index contributed by atoms with van der Waals surface area (Å²) >= 11 is -2.54. The van der Waals surface area contributed by atoms with Crippen LogP contribution in [0.1, 0.15) is 45.2 Å². The molecule has 0 fully saturated rings. The van der Waals surface area contributed by atoms with E-state index in [0.29, 0.717) is 5.92 Å². The van der Waals surface area contributed by atoms with E-state index in [4.69, 9.17) is 0 Å². The molecule has 0 radical (unpaired) electrons. The minimum absolute atomic E-state index is 0. The molecule has 0 amide bonds. The number of hydrogen-bond acceptors (Lipinski definition) is 0. The van der Waals surface area contributed by atoms with Crippen LogP contribution in [0.15, 0.2) is 102 Å². The second-order valence-electron chi connectivity index (χ2n) is 7.87. The Balaban J connectivity index is 0.00000160. The molecule has 3 heteroatoms. The Morgan fingerprint density at radius 3 is 1.73 bits per heavy atom. The smallest absolute Gasteiger partial charge is 1.00 e. The molecule has 1 unspecified atom stereocenters. The maximum Gasteiger partial charge on any atom is -1.00 e. The van der Waals surface area contributed by atoms with E-state index >= 15 is 0 Å². The standard InChI is InChI=1S/C13H10.C9H13.C5H5.2ClH.Hf/c1-3-7-12(8-4-1)11-13-9-5-2-6-10-13;1-6-5-7(2)9(4)8(6)3;1-2-4-5-3-1;;;/h1-10H;6H,1-4H3;1-3H,4H2;2*1H;/q;;;;;+2/p-2. The van der Waals surface area contributed by atoms with Crippen molar-refractivity contribution in [3.63, 3.8) is 0 Å². The van der Waals surface area contributed by atoms with E-state index < -0.39 is 21.0 Å². The molecule has 0 aromatic heterocycles. The fourth-order valence-electron chi connectivity index (χ4n) is 4.53. The van der Waals surface area contributed by atoms with Gasteiger partial charge in [0.2, 0.25) is 0 Å². The molecule has 0 nitrogen and oxygen atoms in total. The van der Waals surface area contributed by atoms with Crippen molar-refractivity contribution in [1.29, 1.82) is 0 Å². The van der Waals surface area contributed by atoms with Gasteiger partial charge in [-0.2, -0.15) is 0 Å². The second kappa shape index (κ2) is 10.8. The van der Waals surface area contributed by atoms with E-state index in [2.05, 4.69) is 107 Å². The largest absolute Gasteiger partial charge is 1.00 e. The zero-order valence-corrected chi connectivity index (χ0v) is 23.2. The molecule has 30 heavy (non-hydrogen) atoms. The van der Waals surface area contributed by atoms with Gasteiger partial charge >= 0.3 is 178 Å². The average Bonchev–Trinajstić information content (AvgIpc) is 3.33. The van der Waals surface area contributed by atoms with Crippen LogP contribution in [-0.4, -0.2) is 3.26 Å². The zero-order valence-electron chi connectivity index (χ0n) is 18.0. The van der Waals surface area contributed by atoms with Gasteiger partial charge in [0.05, 0.1) is 0 Å². The SMILES string of the molecule is CC1=C(C)C(C)[C]([Hf+2]([C]2=CC=CC2)=[C](c2ccccc2)c2ccccc2)=C1C.[Cl-].[Cl-]. The quantitative estimate of drug-likeness (QED) is 0.459. The van der Waals surface area contributed by atoms with Crippen molar-refractivity contribution in [2.24, 2.45) is 5.92 Å². The predicted molar refractivity (Wildman–Crippen MR) is 118 cm³/mol. The molecule has 0 bridgehead atoms. The van der Waals surface area contributed by atoms with Crippen LogP contribution in [0.4, 0.5) is 0 Å². The Morgan fingerprint density at radius 2 is 1.33 bits per heavy atom. The van der Waals surface area contributed by atoms with Crippen molar-refractivity contribution >= 4 is 3.26 Å². The molecule has 2 aromatic carbocycles. The summed E-state index contributed by atoms with van der Waals surface area (Å²) in [6.45, 7) is 9.47. The third-order valence-corrected chi connectivity index (χ3v) is 18.7. The number of halogens is 2. The summed E-state index contributed by atoms with van der Waals surface area (Å²) < 4.78 is 5.15. The van der Waals surface area contributed by atoms with Crippen LogP contribution in [0.25, 0.3) is 0 Å². The first-order valence-electron chi connectivity index (χ1n) is 10.2. The van der Waals surface area contributed by atoms with Crippen LogP contribution < -0.4 is 24.8 Å². The summed E-state index contributed by atoms with van der Waals surface area (Å²) in [5.41, 5.74) is 7.50. The monoisotopic (exact) mass is 602 g/mol. The molecule has 0 heterocycles. The topological polar surface area (TPSA) is 0 Å². The molecule has 1 atom stereocenters. The first kappa shape index (κ1) is 25.0. The van der Waals surface area contributed by atoms with E-state index in [-0.39, 0.29) is 24.8 Å². The van der Waals surface area contributed by atoms with Crippen LogP contribution in [0.5, 0.6) is 0 Å². The van der Waals surface area contributed by atoms with Crippen LogP contribution in [0, 0.1) is 5.92 Å². The van der Waals surface area contributed by atoms with Crippen molar-refractivity contribution in [1.82, 2.24) is 0 Å². The van der Waals surface area contributed by atoms with Crippen molar-refractivity contribution in [3.8, 4) is 0 Å². The molecule has 0 saturated carbocycles. The maximum absolute atomic E-state index is 2.54.